The van der Waals surface area contributed by atoms with Crippen molar-refractivity contribution in [2.24, 2.45) is 17.4 Å². The van der Waals surface area contributed by atoms with E-state index in [4.69, 9.17) is 11.5 Å². The lowest BCUT2D eigenvalue weighted by molar-refractivity contribution is 0.1000. The van der Waals surface area contributed by atoms with Crippen LogP contribution < -0.4 is 16.8 Å². The molecule has 9 nitrogen and oxygen atoms in total. The van der Waals surface area contributed by atoms with Crippen molar-refractivity contribution in [1.82, 2.24) is 25.4 Å². The molecule has 2 heterocycles. The number of aromatic amines is 1. The number of aryl methyl sites for hydroxylation is 2. The number of nitrogens with zero attached hydrogens (tertiary/aromatic N) is 4. The van der Waals surface area contributed by atoms with Gasteiger partial charge in [-0.1, -0.05) is 31.4 Å². The van der Waals surface area contributed by atoms with Crippen LogP contribution in [0.5, 0.6) is 0 Å². The van der Waals surface area contributed by atoms with Gasteiger partial charge in [0, 0.05) is 35.6 Å². The van der Waals surface area contributed by atoms with Gasteiger partial charge in [-0.05, 0) is 91.0 Å². The molecule has 2 unspecified atom stereocenters. The third kappa shape index (κ3) is 4.58. The number of aromatic nitrogens is 3. The molecule has 5 atom stereocenters. The molecule has 3 aromatic rings. The highest BCUT2D eigenvalue weighted by Crippen LogP contribution is 2.49. The number of hydrogen-bond acceptors (Lipinski definition) is 7. The SMILES string of the molecule is C=C(N)c1ccc2c(c1)CCc1cc(C(N)=O)ccc1C2(C[C@H](C)NCC(=C)N1C(C#N)C[C@@H]2C[C@@H]21)c1nnc[nH]1. The number of likely N-dealkylation sites (tertiary alicyclic amines) is 1. The Bertz CT molecular complexity index is 1500. The van der Waals surface area contributed by atoms with E-state index in [2.05, 4.69) is 63.7 Å². The van der Waals surface area contributed by atoms with Gasteiger partial charge in [-0.3, -0.25) is 4.79 Å². The van der Waals surface area contributed by atoms with Crippen LogP contribution in [0.4, 0.5) is 0 Å². The zero-order chi connectivity index (χ0) is 28.9. The molecule has 2 fully saturated rings. The summed E-state index contributed by atoms with van der Waals surface area (Å²) in [6, 6.07) is 14.8. The Balaban J connectivity index is 1.40. The van der Waals surface area contributed by atoms with Crippen molar-refractivity contribution in [2.45, 2.75) is 62.6 Å². The van der Waals surface area contributed by atoms with E-state index in [1.807, 2.05) is 18.2 Å². The normalized spacial score (nSPS) is 24.8. The molecule has 9 heteroatoms. The van der Waals surface area contributed by atoms with Gasteiger partial charge < -0.3 is 26.7 Å². The summed E-state index contributed by atoms with van der Waals surface area (Å²) in [5.41, 5.74) is 18.3. The predicted molar refractivity (Wildman–Crippen MR) is 157 cm³/mol. The van der Waals surface area contributed by atoms with E-state index < -0.39 is 11.3 Å². The number of nitriles is 1. The summed E-state index contributed by atoms with van der Waals surface area (Å²) in [6.07, 6.45) is 5.83. The van der Waals surface area contributed by atoms with Crippen molar-refractivity contribution in [2.75, 3.05) is 6.54 Å². The first kappa shape index (κ1) is 26.8. The number of nitrogens with one attached hydrogen (secondary N) is 2. The molecule has 1 saturated carbocycles. The maximum absolute atomic E-state index is 12.1. The first-order valence-electron chi connectivity index (χ1n) is 14.2. The Morgan fingerprint density at radius 3 is 2.46 bits per heavy atom. The smallest absolute Gasteiger partial charge is 0.248 e. The molecule has 2 aliphatic carbocycles. The highest BCUT2D eigenvalue weighted by Gasteiger charge is 2.52. The van der Waals surface area contributed by atoms with Crippen LogP contribution in [-0.4, -0.2) is 50.7 Å². The second-order valence-electron chi connectivity index (χ2n) is 11.8. The molecule has 1 aromatic heterocycles. The lowest BCUT2D eigenvalue weighted by atomic mass is 9.67. The van der Waals surface area contributed by atoms with Crippen molar-refractivity contribution >= 4 is 11.6 Å². The zero-order valence-corrected chi connectivity index (χ0v) is 23.4. The Morgan fingerprint density at radius 1 is 1.17 bits per heavy atom. The molecule has 2 aromatic carbocycles. The quantitative estimate of drug-likeness (QED) is 0.321. The first-order chi connectivity index (χ1) is 19.7. The number of H-pyrrole nitrogens is 1. The second-order valence-corrected chi connectivity index (χ2v) is 11.8. The minimum absolute atomic E-state index is 0.0220. The molecule has 6 N–H and O–H groups in total. The molecular weight excluding hydrogens is 512 g/mol. The lowest BCUT2D eigenvalue weighted by Gasteiger charge is -2.37. The van der Waals surface area contributed by atoms with Crippen LogP contribution in [0.25, 0.3) is 5.70 Å². The minimum Gasteiger partial charge on any atom is -0.399 e. The van der Waals surface area contributed by atoms with E-state index in [1.165, 1.54) is 0 Å². The summed E-state index contributed by atoms with van der Waals surface area (Å²) in [5, 5.41) is 22.1. The Hall–Kier alpha value is -4.42. The van der Waals surface area contributed by atoms with Crippen molar-refractivity contribution in [3.05, 3.63) is 101 Å². The molecule has 210 valence electrons. The number of piperidine rings is 1. The van der Waals surface area contributed by atoms with Gasteiger partial charge in [0.25, 0.3) is 0 Å². The number of fused-ring (bicyclic) bond motifs is 3. The largest absolute Gasteiger partial charge is 0.399 e. The molecule has 0 spiro atoms. The van der Waals surface area contributed by atoms with Crippen LogP contribution in [-0.2, 0) is 18.3 Å². The first-order valence-corrected chi connectivity index (χ1v) is 14.2. The van der Waals surface area contributed by atoms with Crippen LogP contribution in [0.15, 0.2) is 61.6 Å². The monoisotopic (exact) mass is 548 g/mol. The molecule has 0 radical (unpaired) electrons. The van der Waals surface area contributed by atoms with E-state index in [1.54, 1.807) is 12.4 Å². The van der Waals surface area contributed by atoms with Gasteiger partial charge in [0.2, 0.25) is 5.91 Å². The number of nitrogens with two attached hydrogens (primary N) is 2. The summed E-state index contributed by atoms with van der Waals surface area (Å²) in [4.78, 5) is 17.7. The predicted octanol–water partition coefficient (Wildman–Crippen LogP) is 3.13. The second kappa shape index (κ2) is 10.2. The summed E-state index contributed by atoms with van der Waals surface area (Å²) in [7, 11) is 0. The van der Waals surface area contributed by atoms with Gasteiger partial charge >= 0.3 is 0 Å². The molecule has 3 aliphatic rings. The van der Waals surface area contributed by atoms with E-state index in [0.29, 0.717) is 36.2 Å². The average Bonchev–Trinajstić information content (AvgIpc) is 3.35. The highest BCUT2D eigenvalue weighted by atomic mass is 16.1. The molecule has 41 heavy (non-hydrogen) atoms. The Kier molecular flexibility index (Phi) is 6.66. The number of carbonyl (C=O) groups excluding carboxylic acids is 1. The van der Waals surface area contributed by atoms with Gasteiger partial charge in [0.15, 0.2) is 0 Å². The van der Waals surface area contributed by atoms with Crippen molar-refractivity contribution in [3.63, 3.8) is 0 Å². The van der Waals surface area contributed by atoms with Crippen molar-refractivity contribution < 1.29 is 4.79 Å². The maximum Gasteiger partial charge on any atom is 0.248 e. The summed E-state index contributed by atoms with van der Waals surface area (Å²) in [5.74, 6) is 0.901. The average molecular weight is 549 g/mol. The lowest BCUT2D eigenvalue weighted by Crippen LogP contribution is -2.42. The van der Waals surface area contributed by atoms with E-state index >= 15 is 0 Å². The van der Waals surface area contributed by atoms with Crippen LogP contribution in [0.1, 0.15) is 70.2 Å². The maximum atomic E-state index is 12.1. The van der Waals surface area contributed by atoms with Crippen LogP contribution in [0, 0.1) is 17.2 Å². The third-order valence-electron chi connectivity index (χ3n) is 9.16. The van der Waals surface area contributed by atoms with Crippen molar-refractivity contribution in [1.29, 1.82) is 5.26 Å². The third-order valence-corrected chi connectivity index (χ3v) is 9.16. The number of rotatable bonds is 9. The number of amides is 1. The fraction of sp³-hybridized carbons (Fsp3) is 0.375. The van der Waals surface area contributed by atoms with Gasteiger partial charge in [-0.15, -0.1) is 10.2 Å². The Morgan fingerprint density at radius 2 is 1.85 bits per heavy atom. The van der Waals surface area contributed by atoms with Crippen LogP contribution >= 0.6 is 0 Å². The van der Waals surface area contributed by atoms with Crippen molar-refractivity contribution in [3.8, 4) is 6.07 Å². The zero-order valence-electron chi connectivity index (χ0n) is 23.4. The van der Waals surface area contributed by atoms with E-state index in [9.17, 15) is 10.1 Å². The van der Waals surface area contributed by atoms with Gasteiger partial charge in [0.1, 0.15) is 18.2 Å². The van der Waals surface area contributed by atoms with Gasteiger partial charge in [-0.2, -0.15) is 5.26 Å². The summed E-state index contributed by atoms with van der Waals surface area (Å²) < 4.78 is 0. The number of benzene rings is 2. The standard InChI is InChI=1S/C32H36N8O/c1-18(36-16-19(2)40-26(15-33)12-25-13-29(25)40)14-32(31-37-17-38-39-31)27-8-6-21(20(3)34)10-22(27)4-5-23-11-24(30(35)41)7-9-28(23)32/h6-11,17-18,25-26,29,36H,2-5,12-14,16,34H2,1H3,(H2,35,41)(H,37,38,39)/t18-,25+,26?,29-,32?/m0/s1. The number of hydrogen-bond donors (Lipinski definition) is 4. The molecular formula is C32H36N8O. The van der Waals surface area contributed by atoms with E-state index in [0.717, 1.165) is 65.0 Å². The molecule has 0 bridgehead atoms. The van der Waals surface area contributed by atoms with Gasteiger partial charge in [0.05, 0.1) is 11.5 Å². The molecule has 6 rings (SSSR count). The summed E-state index contributed by atoms with van der Waals surface area (Å²) in [6.45, 7) is 11.1. The minimum atomic E-state index is -0.694. The molecule has 1 aliphatic heterocycles. The fourth-order valence-corrected chi connectivity index (χ4v) is 7.13. The molecule has 1 saturated heterocycles. The van der Waals surface area contributed by atoms with E-state index in [-0.39, 0.29) is 12.1 Å². The summed E-state index contributed by atoms with van der Waals surface area (Å²) >= 11 is 0. The van der Waals surface area contributed by atoms with Crippen LogP contribution in [0.2, 0.25) is 0 Å². The number of primary amides is 1. The Labute approximate surface area is 240 Å². The fourth-order valence-electron chi connectivity index (χ4n) is 7.13. The topological polar surface area (TPSA) is 150 Å². The molecule has 1 amide bonds. The van der Waals surface area contributed by atoms with Crippen LogP contribution in [0.3, 0.4) is 0 Å². The highest BCUT2D eigenvalue weighted by molar-refractivity contribution is 5.93. The van der Waals surface area contributed by atoms with Gasteiger partial charge in [-0.25, -0.2) is 0 Å². The number of carbonyl (C=O) groups is 1.